The Hall–Kier alpha value is -4.12. The summed E-state index contributed by atoms with van der Waals surface area (Å²) >= 11 is 0. The van der Waals surface area contributed by atoms with Gasteiger partial charge in [0.15, 0.2) is 6.10 Å². The first-order chi connectivity index (χ1) is 31.1. The van der Waals surface area contributed by atoms with E-state index < -0.39 is 57.7 Å². The maximum absolute atomic E-state index is 12.6. The molecule has 0 fully saturated rings. The Bertz CT molecular complexity index is 1540. The predicted octanol–water partition coefficient (Wildman–Crippen LogP) is 13.2. The second kappa shape index (κ2) is 45.4. The molecule has 11 nitrogen and oxygen atoms in total. The highest BCUT2D eigenvalue weighted by molar-refractivity contribution is 7.47. The van der Waals surface area contributed by atoms with Gasteiger partial charge in [-0.15, -0.1) is 0 Å². The van der Waals surface area contributed by atoms with Crippen molar-refractivity contribution in [2.45, 2.75) is 167 Å². The number of nitrogens with two attached hydrogens (primary N) is 1. The van der Waals surface area contributed by atoms with Crippen LogP contribution >= 0.6 is 7.82 Å². The molecule has 12 heteroatoms. The molecule has 0 saturated heterocycles. The molecule has 360 valence electrons. The molecule has 0 amide bonds. The van der Waals surface area contributed by atoms with Crippen molar-refractivity contribution in [2.24, 2.45) is 5.73 Å². The molecule has 1 unspecified atom stereocenters. The highest BCUT2D eigenvalue weighted by Crippen LogP contribution is 2.43. The number of allylic oxidation sites excluding steroid dienone is 18. The third-order valence-corrected chi connectivity index (χ3v) is 10.2. The van der Waals surface area contributed by atoms with Crippen LogP contribution in [0.25, 0.3) is 0 Å². The summed E-state index contributed by atoms with van der Waals surface area (Å²) in [7, 11) is -4.77. The number of carboxylic acids is 1. The summed E-state index contributed by atoms with van der Waals surface area (Å²) in [5.74, 6) is -2.71. The zero-order chi connectivity index (χ0) is 47.0. The molecule has 4 N–H and O–H groups in total. The monoisotopic (exact) mass is 912 g/mol. The molecule has 0 heterocycles. The Balaban J connectivity index is 4.62. The van der Waals surface area contributed by atoms with E-state index in [1.54, 1.807) is 12.2 Å². The van der Waals surface area contributed by atoms with Crippen molar-refractivity contribution in [1.82, 2.24) is 0 Å². The first kappa shape index (κ1) is 59.9. The number of carbonyl (C=O) groups excluding carboxylic acids is 2. The minimum atomic E-state index is -4.77. The average molecular weight is 912 g/mol. The van der Waals surface area contributed by atoms with Crippen molar-refractivity contribution in [3.63, 3.8) is 0 Å². The van der Waals surface area contributed by atoms with Crippen LogP contribution in [0.1, 0.15) is 155 Å². The zero-order valence-corrected chi connectivity index (χ0v) is 40.0. The van der Waals surface area contributed by atoms with Crippen LogP contribution in [0.3, 0.4) is 0 Å². The number of phosphoric acid groups is 1. The predicted molar refractivity (Wildman–Crippen MR) is 263 cm³/mol. The van der Waals surface area contributed by atoms with Gasteiger partial charge in [0.25, 0.3) is 0 Å². The Labute approximate surface area is 386 Å². The maximum atomic E-state index is 12.6. The number of carboxylic acid groups (broad SMARTS) is 1. The Morgan fingerprint density at radius 1 is 0.484 bits per heavy atom. The third-order valence-electron chi connectivity index (χ3n) is 9.25. The van der Waals surface area contributed by atoms with Gasteiger partial charge in [0.2, 0.25) is 0 Å². The highest BCUT2D eigenvalue weighted by atomic mass is 31.2. The van der Waals surface area contributed by atoms with Gasteiger partial charge < -0.3 is 25.2 Å². The number of aliphatic carboxylic acids is 1. The molecular formula is C52H82NO10P. The van der Waals surface area contributed by atoms with Gasteiger partial charge in [0.05, 0.1) is 26.1 Å². The lowest BCUT2D eigenvalue weighted by atomic mass is 10.1. The van der Waals surface area contributed by atoms with E-state index in [-0.39, 0.29) is 12.8 Å². The number of ether oxygens (including phenoxy) is 2. The Morgan fingerprint density at radius 2 is 0.828 bits per heavy atom. The van der Waals surface area contributed by atoms with Crippen molar-refractivity contribution in [3.05, 3.63) is 122 Å². The molecule has 0 saturated carbocycles. The summed E-state index contributed by atoms with van der Waals surface area (Å²) in [6.45, 7) is 2.57. The fourth-order valence-electron chi connectivity index (χ4n) is 5.55. The van der Waals surface area contributed by atoms with E-state index in [1.807, 2.05) is 36.5 Å². The SMILES string of the molecule is CCCCCCCC=CCC=CCC=CCC=CCC=CCC(=O)OC[C@H](COP(=O)(O)OC[C@H](N)C(=O)O)OC(=O)CC=CCC=CCC=CCC=CCC=CCCCCCCC. The number of carbonyl (C=O) groups is 3. The number of rotatable bonds is 42. The summed E-state index contributed by atoms with van der Waals surface area (Å²) in [5.41, 5.74) is 5.33. The van der Waals surface area contributed by atoms with Crippen LogP contribution in [0.2, 0.25) is 0 Å². The number of hydrogen-bond acceptors (Lipinski definition) is 9. The van der Waals surface area contributed by atoms with E-state index in [4.69, 9.17) is 24.8 Å². The van der Waals surface area contributed by atoms with E-state index in [0.29, 0.717) is 12.8 Å². The molecular weight excluding hydrogens is 830 g/mol. The van der Waals surface area contributed by atoms with Crippen molar-refractivity contribution in [1.29, 1.82) is 0 Å². The Morgan fingerprint density at radius 3 is 1.22 bits per heavy atom. The molecule has 0 aliphatic rings. The minimum Gasteiger partial charge on any atom is -0.480 e. The van der Waals surface area contributed by atoms with Gasteiger partial charge in [0.1, 0.15) is 12.6 Å². The molecule has 0 aromatic heterocycles. The summed E-state index contributed by atoms with van der Waals surface area (Å²) in [6.07, 6.45) is 61.8. The zero-order valence-electron chi connectivity index (χ0n) is 39.1. The summed E-state index contributed by atoms with van der Waals surface area (Å²) in [4.78, 5) is 45.9. The van der Waals surface area contributed by atoms with Crippen LogP contribution in [-0.2, 0) is 37.5 Å². The van der Waals surface area contributed by atoms with Crippen LogP contribution in [-0.4, -0.2) is 59.9 Å². The molecule has 64 heavy (non-hydrogen) atoms. The topological polar surface area (TPSA) is 172 Å². The Kier molecular flexibility index (Phi) is 42.5. The molecule has 0 aromatic carbocycles. The normalized spacial score (nSPS) is 14.7. The molecule has 0 aromatic rings. The van der Waals surface area contributed by atoms with Crippen LogP contribution in [0.15, 0.2) is 122 Å². The largest absolute Gasteiger partial charge is 0.480 e. The quantitative estimate of drug-likeness (QED) is 0.0230. The number of esters is 2. The second-order valence-corrected chi connectivity index (χ2v) is 16.7. The minimum absolute atomic E-state index is 0.0370. The molecule has 0 spiro atoms. The van der Waals surface area contributed by atoms with Crippen LogP contribution in [0.4, 0.5) is 0 Å². The summed E-state index contributed by atoms with van der Waals surface area (Å²) in [6, 6.07) is -1.55. The lowest BCUT2D eigenvalue weighted by molar-refractivity contribution is -0.160. The fourth-order valence-corrected chi connectivity index (χ4v) is 6.33. The summed E-state index contributed by atoms with van der Waals surface area (Å²) < 4.78 is 32.5. The average Bonchev–Trinajstić information content (AvgIpc) is 3.27. The number of hydrogen-bond donors (Lipinski definition) is 3. The third kappa shape index (κ3) is 44.5. The standard InChI is InChI=1S/C52H82NO10P/c1-3-5-7-9-11-13-15-17-19-21-23-25-27-29-31-33-35-37-39-41-43-50(54)60-45-48(46-61-64(58,59)62-47-49(53)52(56)57)63-51(55)44-42-40-38-36-34-32-30-28-26-24-22-20-18-16-14-12-10-8-6-4-2/h15-18,21-24,27-30,33-36,39-42,48-49H,3-14,19-20,25-26,31-32,37-38,43-47,53H2,1-2H3,(H,56,57)(H,58,59)/t48-,49+/m1/s1. The molecule has 0 rings (SSSR count). The molecule has 0 aliphatic carbocycles. The molecule has 0 bridgehead atoms. The number of unbranched alkanes of at least 4 members (excludes halogenated alkanes) is 10. The first-order valence-corrected chi connectivity index (χ1v) is 25.1. The summed E-state index contributed by atoms with van der Waals surface area (Å²) in [5, 5.41) is 8.90. The van der Waals surface area contributed by atoms with Gasteiger partial charge in [0, 0.05) is 0 Å². The van der Waals surface area contributed by atoms with E-state index in [2.05, 4.69) is 91.3 Å². The highest BCUT2D eigenvalue weighted by Gasteiger charge is 2.28. The maximum Gasteiger partial charge on any atom is 0.472 e. The second-order valence-electron chi connectivity index (χ2n) is 15.2. The lowest BCUT2D eigenvalue weighted by Crippen LogP contribution is -2.34. The molecule has 0 radical (unpaired) electrons. The van der Waals surface area contributed by atoms with Crippen molar-refractivity contribution in [3.8, 4) is 0 Å². The number of phosphoric ester groups is 1. The van der Waals surface area contributed by atoms with E-state index >= 15 is 0 Å². The smallest absolute Gasteiger partial charge is 0.472 e. The van der Waals surface area contributed by atoms with Crippen molar-refractivity contribution in [2.75, 3.05) is 19.8 Å². The van der Waals surface area contributed by atoms with Gasteiger partial charge in [-0.25, -0.2) is 4.57 Å². The lowest BCUT2D eigenvalue weighted by Gasteiger charge is -2.20. The van der Waals surface area contributed by atoms with Crippen LogP contribution in [0.5, 0.6) is 0 Å². The van der Waals surface area contributed by atoms with Crippen molar-refractivity contribution < 1.29 is 47.5 Å². The molecule has 0 aliphatic heterocycles. The first-order valence-electron chi connectivity index (χ1n) is 23.6. The van der Waals surface area contributed by atoms with Crippen molar-refractivity contribution >= 4 is 25.7 Å². The fraction of sp³-hybridized carbons (Fsp3) is 0.558. The molecule has 3 atom stereocenters. The van der Waals surface area contributed by atoms with Gasteiger partial charge in [-0.3, -0.25) is 23.4 Å². The van der Waals surface area contributed by atoms with Crippen LogP contribution in [0, 0.1) is 0 Å². The van der Waals surface area contributed by atoms with E-state index in [9.17, 15) is 23.8 Å². The van der Waals surface area contributed by atoms with Gasteiger partial charge in [-0.05, 0) is 77.0 Å². The van der Waals surface area contributed by atoms with Gasteiger partial charge in [-0.2, -0.15) is 0 Å². The van der Waals surface area contributed by atoms with Gasteiger partial charge >= 0.3 is 25.7 Å². The van der Waals surface area contributed by atoms with E-state index in [1.165, 1.54) is 64.2 Å². The van der Waals surface area contributed by atoms with E-state index in [0.717, 1.165) is 51.4 Å². The van der Waals surface area contributed by atoms with Gasteiger partial charge in [-0.1, -0.05) is 187 Å². The van der Waals surface area contributed by atoms with Crippen LogP contribution < -0.4 is 5.73 Å².